The van der Waals surface area contributed by atoms with Gasteiger partial charge in [-0.15, -0.1) is 0 Å². The Balaban J connectivity index is 1.55. The third-order valence-corrected chi connectivity index (χ3v) is 5.07. The Morgan fingerprint density at radius 1 is 1.21 bits per heavy atom. The van der Waals surface area contributed by atoms with Gasteiger partial charge >= 0.3 is 0 Å². The molecule has 6 nitrogen and oxygen atoms in total. The number of nitrogens with zero attached hydrogens (tertiary/aromatic N) is 4. The van der Waals surface area contributed by atoms with Gasteiger partial charge < -0.3 is 14.5 Å². The average molecular weight is 451 g/mol. The van der Waals surface area contributed by atoms with Crippen LogP contribution >= 0.6 is 15.9 Å². The van der Waals surface area contributed by atoms with Crippen molar-refractivity contribution in [1.29, 1.82) is 0 Å². The lowest BCUT2D eigenvalue weighted by molar-refractivity contribution is -0.133. The Morgan fingerprint density at radius 3 is 2.57 bits per heavy atom. The van der Waals surface area contributed by atoms with E-state index >= 15 is 0 Å². The Labute approximate surface area is 172 Å². The Hall–Kier alpha value is -2.22. The van der Waals surface area contributed by atoms with Gasteiger partial charge in [-0.3, -0.25) is 4.79 Å². The Bertz CT molecular complexity index is 854. The first kappa shape index (κ1) is 20.5. The molecule has 3 rings (SSSR count). The maximum atomic E-state index is 13.8. The van der Waals surface area contributed by atoms with Gasteiger partial charge in [-0.1, -0.05) is 29.8 Å². The number of ether oxygens (including phenoxy) is 1. The molecule has 1 aromatic carbocycles. The van der Waals surface area contributed by atoms with Gasteiger partial charge in [0.2, 0.25) is 0 Å². The van der Waals surface area contributed by atoms with Crippen LogP contribution in [0.2, 0.25) is 0 Å². The number of anilines is 1. The molecule has 150 valence electrons. The third-order valence-electron chi connectivity index (χ3n) is 4.58. The van der Waals surface area contributed by atoms with Crippen LogP contribution in [0.25, 0.3) is 0 Å². The topological polar surface area (TPSA) is 58.6 Å². The van der Waals surface area contributed by atoms with Crippen molar-refractivity contribution in [1.82, 2.24) is 14.9 Å². The summed E-state index contributed by atoms with van der Waals surface area (Å²) in [6.07, 6.45) is 0. The number of rotatable bonds is 5. The van der Waals surface area contributed by atoms with Crippen LogP contribution in [0.15, 0.2) is 28.7 Å². The first-order valence-corrected chi connectivity index (χ1v) is 10.1. The SMILES string of the molecule is Cc1cc(N2CCN(C(=O)COc3ccc(Br)cc3F)CC2)nc(C(C)C)n1. The number of hydrogen-bond donors (Lipinski definition) is 0. The normalized spacial score (nSPS) is 14.5. The second-order valence-electron chi connectivity index (χ2n) is 7.11. The summed E-state index contributed by atoms with van der Waals surface area (Å²) in [6.45, 7) is 8.46. The fourth-order valence-electron chi connectivity index (χ4n) is 3.00. The largest absolute Gasteiger partial charge is 0.481 e. The number of aromatic nitrogens is 2. The van der Waals surface area contributed by atoms with E-state index in [9.17, 15) is 9.18 Å². The highest BCUT2D eigenvalue weighted by Crippen LogP contribution is 2.22. The van der Waals surface area contributed by atoms with Crippen molar-refractivity contribution in [3.8, 4) is 5.75 Å². The number of carbonyl (C=O) groups excluding carboxylic acids is 1. The molecule has 1 aromatic heterocycles. The van der Waals surface area contributed by atoms with Crippen LogP contribution in [0, 0.1) is 12.7 Å². The summed E-state index contributed by atoms with van der Waals surface area (Å²) in [5.41, 5.74) is 0.942. The predicted molar refractivity (Wildman–Crippen MR) is 109 cm³/mol. The molecule has 1 amide bonds. The van der Waals surface area contributed by atoms with Crippen molar-refractivity contribution in [2.24, 2.45) is 0 Å². The lowest BCUT2D eigenvalue weighted by atomic mass is 10.2. The highest BCUT2D eigenvalue weighted by atomic mass is 79.9. The fraction of sp³-hybridized carbons (Fsp3) is 0.450. The van der Waals surface area contributed by atoms with E-state index in [0.717, 1.165) is 17.3 Å². The van der Waals surface area contributed by atoms with Crippen LogP contribution in [-0.4, -0.2) is 53.6 Å². The highest BCUT2D eigenvalue weighted by molar-refractivity contribution is 9.10. The molecule has 1 aliphatic heterocycles. The standard InChI is InChI=1S/C20H24BrFN4O2/c1-13(2)20-23-14(3)10-18(24-20)25-6-8-26(9-7-25)19(27)12-28-17-5-4-15(21)11-16(17)22/h4-5,10-11,13H,6-9,12H2,1-3H3. The lowest BCUT2D eigenvalue weighted by Gasteiger charge is -2.35. The smallest absolute Gasteiger partial charge is 0.260 e. The van der Waals surface area contributed by atoms with Crippen molar-refractivity contribution in [2.45, 2.75) is 26.7 Å². The zero-order chi connectivity index (χ0) is 20.3. The van der Waals surface area contributed by atoms with Gasteiger partial charge in [-0.25, -0.2) is 14.4 Å². The molecule has 0 radical (unpaired) electrons. The van der Waals surface area contributed by atoms with Gasteiger partial charge in [0.05, 0.1) is 0 Å². The molecular weight excluding hydrogens is 427 g/mol. The van der Waals surface area contributed by atoms with E-state index in [1.807, 2.05) is 13.0 Å². The minimum absolute atomic E-state index is 0.0767. The van der Waals surface area contributed by atoms with Crippen molar-refractivity contribution in [3.63, 3.8) is 0 Å². The third kappa shape index (κ3) is 4.98. The summed E-state index contributed by atoms with van der Waals surface area (Å²) < 4.78 is 19.8. The van der Waals surface area contributed by atoms with Crippen LogP contribution in [0.1, 0.15) is 31.3 Å². The van der Waals surface area contributed by atoms with Gasteiger partial charge in [0.15, 0.2) is 18.2 Å². The van der Waals surface area contributed by atoms with E-state index in [-0.39, 0.29) is 24.2 Å². The molecule has 1 fully saturated rings. The van der Waals surface area contributed by atoms with Crippen molar-refractivity contribution in [3.05, 3.63) is 46.1 Å². The second-order valence-corrected chi connectivity index (χ2v) is 8.03. The maximum Gasteiger partial charge on any atom is 0.260 e. The summed E-state index contributed by atoms with van der Waals surface area (Å²) in [4.78, 5) is 25.5. The molecule has 8 heteroatoms. The van der Waals surface area contributed by atoms with Gasteiger partial charge in [-0.05, 0) is 25.1 Å². The van der Waals surface area contributed by atoms with Crippen molar-refractivity contribution in [2.75, 3.05) is 37.7 Å². The Kier molecular flexibility index (Phi) is 6.49. The molecule has 1 saturated heterocycles. The quantitative estimate of drug-likeness (QED) is 0.696. The van der Waals surface area contributed by atoms with Crippen molar-refractivity contribution >= 4 is 27.7 Å². The molecule has 28 heavy (non-hydrogen) atoms. The minimum atomic E-state index is -0.493. The molecule has 0 bridgehead atoms. The predicted octanol–water partition coefficient (Wildman–Crippen LogP) is 3.54. The van der Waals surface area contributed by atoms with Crippen LogP contribution in [0.4, 0.5) is 10.2 Å². The summed E-state index contributed by atoms with van der Waals surface area (Å²) in [5, 5.41) is 0. The monoisotopic (exact) mass is 450 g/mol. The van der Waals surface area contributed by atoms with Gasteiger partial charge in [-0.2, -0.15) is 0 Å². The minimum Gasteiger partial charge on any atom is -0.481 e. The molecule has 2 heterocycles. The average Bonchev–Trinajstić information content (AvgIpc) is 2.66. The van der Waals surface area contributed by atoms with Crippen LogP contribution in [0.3, 0.4) is 0 Å². The number of halogens is 2. The lowest BCUT2D eigenvalue weighted by Crippen LogP contribution is -2.50. The number of piperazine rings is 1. The molecular formula is C20H24BrFN4O2. The fourth-order valence-corrected chi connectivity index (χ4v) is 3.34. The number of aryl methyl sites for hydroxylation is 1. The molecule has 2 aromatic rings. The molecule has 1 aliphatic rings. The number of benzene rings is 1. The van der Waals surface area contributed by atoms with Crippen LogP contribution in [-0.2, 0) is 4.79 Å². The van der Waals surface area contributed by atoms with E-state index in [1.54, 1.807) is 11.0 Å². The van der Waals surface area contributed by atoms with E-state index in [1.165, 1.54) is 12.1 Å². The van der Waals surface area contributed by atoms with E-state index < -0.39 is 5.82 Å². The summed E-state index contributed by atoms with van der Waals surface area (Å²) in [7, 11) is 0. The molecule has 0 spiro atoms. The first-order valence-electron chi connectivity index (χ1n) is 9.29. The zero-order valence-electron chi connectivity index (χ0n) is 16.3. The Morgan fingerprint density at radius 2 is 1.93 bits per heavy atom. The maximum absolute atomic E-state index is 13.8. The number of hydrogen-bond acceptors (Lipinski definition) is 5. The molecule has 0 N–H and O–H groups in total. The summed E-state index contributed by atoms with van der Waals surface area (Å²) in [5.74, 6) is 1.43. The van der Waals surface area contributed by atoms with Crippen molar-refractivity contribution < 1.29 is 13.9 Å². The van der Waals surface area contributed by atoms with E-state index in [0.29, 0.717) is 30.7 Å². The van der Waals surface area contributed by atoms with E-state index in [2.05, 4.69) is 44.6 Å². The molecule has 0 aliphatic carbocycles. The molecule has 0 atom stereocenters. The summed E-state index contributed by atoms with van der Waals surface area (Å²) >= 11 is 3.20. The molecule has 0 saturated carbocycles. The van der Waals surface area contributed by atoms with Gasteiger partial charge in [0, 0.05) is 48.3 Å². The zero-order valence-corrected chi connectivity index (χ0v) is 17.9. The molecule has 0 unspecified atom stereocenters. The first-order chi connectivity index (χ1) is 13.3. The summed E-state index contributed by atoms with van der Waals surface area (Å²) in [6, 6.07) is 6.47. The number of amides is 1. The van der Waals surface area contributed by atoms with E-state index in [4.69, 9.17) is 4.74 Å². The van der Waals surface area contributed by atoms with Gasteiger partial charge in [0.1, 0.15) is 11.6 Å². The van der Waals surface area contributed by atoms with Crippen LogP contribution < -0.4 is 9.64 Å². The number of carbonyl (C=O) groups is 1. The second kappa shape index (κ2) is 8.86. The van der Waals surface area contributed by atoms with Gasteiger partial charge in [0.25, 0.3) is 5.91 Å². The highest BCUT2D eigenvalue weighted by Gasteiger charge is 2.23. The van der Waals surface area contributed by atoms with Crippen LogP contribution in [0.5, 0.6) is 5.75 Å².